The molecule has 0 saturated carbocycles. The van der Waals surface area contributed by atoms with E-state index in [4.69, 9.17) is 14.6 Å². The number of methoxy groups -OCH3 is 1. The second-order valence-electron chi connectivity index (χ2n) is 7.80. The minimum absolute atomic E-state index is 0.0655. The van der Waals surface area contributed by atoms with Crippen LogP contribution in [-0.2, 0) is 19.1 Å². The molecule has 2 unspecified atom stereocenters. The lowest BCUT2D eigenvalue weighted by molar-refractivity contribution is -0.137. The standard InChI is InChI=1S/C24H28N2O7/c1-32-13-15(12-27)25-23(30)21(10-11-22(28)29)26-24(31)33-14-20-18-8-4-2-6-16(18)17-7-3-5-9-19(17)20/h2-9,15,20-21,27H,10-14H2,1H3,(H,25,30)(H,26,31)(H,28,29). The van der Waals surface area contributed by atoms with Crippen molar-refractivity contribution in [1.29, 1.82) is 0 Å². The average Bonchev–Trinajstić information content (AvgIpc) is 3.13. The van der Waals surface area contributed by atoms with E-state index in [1.54, 1.807) is 0 Å². The van der Waals surface area contributed by atoms with Crippen LogP contribution in [0.4, 0.5) is 4.79 Å². The topological polar surface area (TPSA) is 134 Å². The third-order valence-electron chi connectivity index (χ3n) is 5.53. The van der Waals surface area contributed by atoms with Gasteiger partial charge in [-0.3, -0.25) is 9.59 Å². The quantitative estimate of drug-likeness (QED) is 0.406. The van der Waals surface area contributed by atoms with Gasteiger partial charge in [0.2, 0.25) is 5.91 Å². The maximum Gasteiger partial charge on any atom is 0.407 e. The van der Waals surface area contributed by atoms with Gasteiger partial charge in [0.15, 0.2) is 0 Å². The van der Waals surface area contributed by atoms with Crippen LogP contribution in [0.2, 0.25) is 0 Å². The van der Waals surface area contributed by atoms with Crippen LogP contribution in [0, 0.1) is 0 Å². The van der Waals surface area contributed by atoms with Crippen LogP contribution in [0.1, 0.15) is 29.9 Å². The van der Waals surface area contributed by atoms with Gasteiger partial charge in [-0.1, -0.05) is 48.5 Å². The SMILES string of the molecule is COCC(CO)NC(=O)C(CCC(=O)O)NC(=O)OCC1c2ccccc2-c2ccccc21. The minimum Gasteiger partial charge on any atom is -0.481 e. The molecule has 0 bridgehead atoms. The van der Waals surface area contributed by atoms with Crippen LogP contribution in [-0.4, -0.2) is 67.2 Å². The van der Waals surface area contributed by atoms with E-state index in [2.05, 4.69) is 10.6 Å². The number of amides is 2. The molecule has 2 amide bonds. The molecule has 9 nitrogen and oxygen atoms in total. The number of nitrogens with one attached hydrogen (secondary N) is 2. The summed E-state index contributed by atoms with van der Waals surface area (Å²) in [6.45, 7) is -0.231. The number of hydrogen-bond donors (Lipinski definition) is 4. The van der Waals surface area contributed by atoms with Crippen molar-refractivity contribution in [3.63, 3.8) is 0 Å². The number of carbonyl (C=O) groups excluding carboxylic acids is 2. The molecule has 1 aliphatic rings. The highest BCUT2D eigenvalue weighted by molar-refractivity contribution is 5.86. The Morgan fingerprint density at radius 1 is 1.00 bits per heavy atom. The van der Waals surface area contributed by atoms with Crippen LogP contribution in [0.3, 0.4) is 0 Å². The molecule has 0 aliphatic heterocycles. The highest BCUT2D eigenvalue weighted by atomic mass is 16.5. The van der Waals surface area contributed by atoms with Crippen LogP contribution in [0.25, 0.3) is 11.1 Å². The largest absolute Gasteiger partial charge is 0.481 e. The van der Waals surface area contributed by atoms with Gasteiger partial charge in [-0.15, -0.1) is 0 Å². The molecular formula is C24H28N2O7. The van der Waals surface area contributed by atoms with Crippen LogP contribution >= 0.6 is 0 Å². The number of fused-ring (bicyclic) bond motifs is 3. The highest BCUT2D eigenvalue weighted by Crippen LogP contribution is 2.44. The number of carboxylic acid groups (broad SMARTS) is 1. The van der Waals surface area contributed by atoms with Gasteiger partial charge < -0.3 is 30.3 Å². The Hall–Kier alpha value is -3.43. The van der Waals surface area contributed by atoms with Crippen molar-refractivity contribution < 1.29 is 34.1 Å². The van der Waals surface area contributed by atoms with Crippen molar-refractivity contribution in [2.45, 2.75) is 30.8 Å². The Bertz CT molecular complexity index is 949. The Morgan fingerprint density at radius 3 is 2.15 bits per heavy atom. The van der Waals surface area contributed by atoms with E-state index in [1.165, 1.54) is 7.11 Å². The second-order valence-corrected chi connectivity index (χ2v) is 7.80. The number of rotatable bonds is 11. The molecule has 0 heterocycles. The van der Waals surface area contributed by atoms with E-state index in [1.807, 2.05) is 48.5 Å². The molecular weight excluding hydrogens is 428 g/mol. The number of carbonyl (C=O) groups is 3. The summed E-state index contributed by atoms with van der Waals surface area (Å²) in [4.78, 5) is 36.1. The number of carboxylic acids is 1. The van der Waals surface area contributed by atoms with Crippen molar-refractivity contribution >= 4 is 18.0 Å². The Morgan fingerprint density at radius 2 is 1.61 bits per heavy atom. The predicted molar refractivity (Wildman–Crippen MR) is 120 cm³/mol. The molecule has 2 atom stereocenters. The van der Waals surface area contributed by atoms with Crippen molar-refractivity contribution in [2.75, 3.05) is 26.9 Å². The van der Waals surface area contributed by atoms with Gasteiger partial charge in [0.05, 0.1) is 19.3 Å². The summed E-state index contributed by atoms with van der Waals surface area (Å²) >= 11 is 0. The Kier molecular flexibility index (Phi) is 8.39. The number of aliphatic hydroxyl groups excluding tert-OH is 1. The molecule has 0 radical (unpaired) electrons. The lowest BCUT2D eigenvalue weighted by Gasteiger charge is -2.22. The molecule has 2 aromatic carbocycles. The zero-order valence-electron chi connectivity index (χ0n) is 18.3. The molecule has 33 heavy (non-hydrogen) atoms. The van der Waals surface area contributed by atoms with Gasteiger partial charge in [0.1, 0.15) is 12.6 Å². The normalized spacial score (nSPS) is 14.0. The number of hydrogen-bond acceptors (Lipinski definition) is 6. The van der Waals surface area contributed by atoms with Crippen molar-refractivity contribution in [2.24, 2.45) is 0 Å². The summed E-state index contributed by atoms with van der Waals surface area (Å²) in [5.41, 5.74) is 4.29. The van der Waals surface area contributed by atoms with E-state index in [9.17, 15) is 19.5 Å². The number of aliphatic carboxylic acids is 1. The molecule has 3 rings (SSSR count). The fourth-order valence-corrected chi connectivity index (χ4v) is 3.96. The Labute approximate surface area is 191 Å². The zero-order chi connectivity index (χ0) is 23.8. The fourth-order valence-electron chi connectivity index (χ4n) is 3.96. The van der Waals surface area contributed by atoms with Gasteiger partial charge in [-0.05, 0) is 28.7 Å². The lowest BCUT2D eigenvalue weighted by atomic mass is 9.98. The number of ether oxygens (including phenoxy) is 2. The molecule has 2 aromatic rings. The van der Waals surface area contributed by atoms with Gasteiger partial charge in [0, 0.05) is 19.4 Å². The average molecular weight is 456 g/mol. The Balaban J connectivity index is 1.65. The molecule has 0 fully saturated rings. The monoisotopic (exact) mass is 456 g/mol. The molecule has 9 heteroatoms. The molecule has 1 aliphatic carbocycles. The first-order chi connectivity index (χ1) is 15.9. The number of alkyl carbamates (subject to hydrolysis) is 1. The van der Waals surface area contributed by atoms with Crippen molar-refractivity contribution in [3.8, 4) is 11.1 Å². The van der Waals surface area contributed by atoms with Gasteiger partial charge in [-0.25, -0.2) is 4.79 Å². The highest BCUT2D eigenvalue weighted by Gasteiger charge is 2.30. The van der Waals surface area contributed by atoms with E-state index in [0.29, 0.717) is 0 Å². The summed E-state index contributed by atoms with van der Waals surface area (Å²) in [6.07, 6.45) is -1.28. The first-order valence-electron chi connectivity index (χ1n) is 10.7. The lowest BCUT2D eigenvalue weighted by Crippen LogP contribution is -2.51. The molecule has 0 aromatic heterocycles. The van der Waals surface area contributed by atoms with E-state index >= 15 is 0 Å². The number of benzene rings is 2. The fraction of sp³-hybridized carbons (Fsp3) is 0.375. The van der Waals surface area contributed by atoms with Gasteiger partial charge in [0.25, 0.3) is 0 Å². The third-order valence-corrected chi connectivity index (χ3v) is 5.53. The number of aliphatic hydroxyl groups is 1. The van der Waals surface area contributed by atoms with E-state index in [0.717, 1.165) is 22.3 Å². The summed E-state index contributed by atoms with van der Waals surface area (Å²) in [6, 6.07) is 14.0. The predicted octanol–water partition coefficient (Wildman–Crippen LogP) is 1.88. The molecule has 176 valence electrons. The maximum absolute atomic E-state index is 12.6. The summed E-state index contributed by atoms with van der Waals surface area (Å²) in [5, 5.41) is 23.3. The second kappa shape index (κ2) is 11.4. The van der Waals surface area contributed by atoms with Crippen LogP contribution in [0.15, 0.2) is 48.5 Å². The first-order valence-corrected chi connectivity index (χ1v) is 10.7. The third kappa shape index (κ3) is 6.09. The smallest absolute Gasteiger partial charge is 0.407 e. The summed E-state index contributed by atoms with van der Waals surface area (Å²) in [5.74, 6) is -1.87. The molecule has 0 saturated heterocycles. The summed E-state index contributed by atoms with van der Waals surface area (Å²) in [7, 11) is 1.42. The van der Waals surface area contributed by atoms with Crippen LogP contribution in [0.5, 0.6) is 0 Å². The van der Waals surface area contributed by atoms with Crippen molar-refractivity contribution in [1.82, 2.24) is 10.6 Å². The zero-order valence-corrected chi connectivity index (χ0v) is 18.3. The molecule has 4 N–H and O–H groups in total. The van der Waals surface area contributed by atoms with E-state index < -0.39 is 30.1 Å². The van der Waals surface area contributed by atoms with Crippen LogP contribution < -0.4 is 10.6 Å². The van der Waals surface area contributed by atoms with Crippen molar-refractivity contribution in [3.05, 3.63) is 59.7 Å². The van der Waals surface area contributed by atoms with Gasteiger partial charge >= 0.3 is 12.1 Å². The maximum atomic E-state index is 12.6. The first kappa shape index (κ1) is 24.2. The molecule has 0 spiro atoms. The van der Waals surface area contributed by atoms with Gasteiger partial charge in [-0.2, -0.15) is 0 Å². The van der Waals surface area contributed by atoms with E-state index in [-0.39, 0.29) is 38.6 Å². The summed E-state index contributed by atoms with van der Waals surface area (Å²) < 4.78 is 10.4. The minimum atomic E-state index is -1.14.